The number of piperazine rings is 1. The Labute approximate surface area is 128 Å². The van der Waals surface area contributed by atoms with E-state index in [1.807, 2.05) is 12.1 Å². The van der Waals surface area contributed by atoms with Crippen LogP contribution in [0.3, 0.4) is 0 Å². The van der Waals surface area contributed by atoms with E-state index in [0.717, 1.165) is 30.9 Å². The smallest absolute Gasteiger partial charge is 0.244 e. The van der Waals surface area contributed by atoms with Crippen molar-refractivity contribution >= 4 is 18.2 Å². The molecule has 1 fully saturated rings. The van der Waals surface area contributed by atoms with E-state index >= 15 is 0 Å². The van der Waals surface area contributed by atoms with Crippen LogP contribution in [-0.2, 0) is 11.3 Å². The lowest BCUT2D eigenvalue weighted by atomic mass is 10.3. The predicted molar refractivity (Wildman–Crippen MR) is 81.2 cm³/mol. The predicted octanol–water partition coefficient (Wildman–Crippen LogP) is 0.157. The molecule has 2 aromatic heterocycles. The minimum Gasteiger partial charge on any atom is -0.352 e. The maximum Gasteiger partial charge on any atom is 0.244 e. The van der Waals surface area contributed by atoms with E-state index in [4.69, 9.17) is 0 Å². The normalized spacial score (nSPS) is 14.7. The molecular formula is C14H17N7O. The van der Waals surface area contributed by atoms with Crippen LogP contribution in [0.4, 0.5) is 11.8 Å². The Bertz CT molecular complexity index is 614. The van der Waals surface area contributed by atoms with Gasteiger partial charge in [-0.15, -0.1) is 5.10 Å². The lowest BCUT2D eigenvalue weighted by Gasteiger charge is -2.33. The molecule has 2 aromatic rings. The van der Waals surface area contributed by atoms with Gasteiger partial charge in [-0.3, -0.25) is 9.78 Å². The maximum absolute atomic E-state index is 10.7. The molecule has 1 saturated heterocycles. The molecule has 0 saturated carbocycles. The zero-order valence-electron chi connectivity index (χ0n) is 12.1. The van der Waals surface area contributed by atoms with Crippen LogP contribution in [0, 0.1) is 0 Å². The van der Waals surface area contributed by atoms with E-state index < -0.39 is 0 Å². The average molecular weight is 299 g/mol. The van der Waals surface area contributed by atoms with E-state index in [2.05, 4.69) is 30.4 Å². The van der Waals surface area contributed by atoms with Crippen LogP contribution in [0.2, 0.25) is 0 Å². The first-order valence-corrected chi connectivity index (χ1v) is 7.12. The summed E-state index contributed by atoms with van der Waals surface area (Å²) in [5, 5.41) is 11.2. The number of anilines is 2. The maximum atomic E-state index is 10.7. The van der Waals surface area contributed by atoms with Crippen LogP contribution < -0.4 is 10.2 Å². The molecule has 114 valence electrons. The Balaban J connectivity index is 1.61. The molecular weight excluding hydrogens is 282 g/mol. The van der Waals surface area contributed by atoms with Crippen LogP contribution in [0.5, 0.6) is 0 Å². The fraction of sp³-hybridized carbons (Fsp3) is 0.357. The van der Waals surface area contributed by atoms with Crippen LogP contribution >= 0.6 is 0 Å². The van der Waals surface area contributed by atoms with Gasteiger partial charge >= 0.3 is 0 Å². The van der Waals surface area contributed by atoms with E-state index in [9.17, 15) is 4.79 Å². The number of aromatic nitrogens is 4. The highest BCUT2D eigenvalue weighted by Crippen LogP contribution is 2.13. The Morgan fingerprint density at radius 1 is 1.18 bits per heavy atom. The second-order valence-corrected chi connectivity index (χ2v) is 4.98. The number of pyridine rings is 1. The van der Waals surface area contributed by atoms with Gasteiger partial charge in [0.25, 0.3) is 0 Å². The molecule has 0 atom stereocenters. The van der Waals surface area contributed by atoms with Gasteiger partial charge in [0.2, 0.25) is 12.4 Å². The molecule has 0 radical (unpaired) electrons. The van der Waals surface area contributed by atoms with Crippen LogP contribution in [0.15, 0.2) is 30.7 Å². The number of nitrogens with one attached hydrogen (secondary N) is 1. The summed E-state index contributed by atoms with van der Waals surface area (Å²) < 4.78 is 0. The van der Waals surface area contributed by atoms with Gasteiger partial charge in [-0.1, -0.05) is 0 Å². The molecule has 0 aliphatic carbocycles. The molecule has 1 amide bonds. The molecule has 0 spiro atoms. The number of rotatable bonds is 5. The SMILES string of the molecule is O=CN1CCN(c2cnnc(NCc3ccncc3)n2)CC1. The fourth-order valence-electron chi connectivity index (χ4n) is 2.26. The molecule has 1 N–H and O–H groups in total. The Hall–Kier alpha value is -2.77. The first-order chi connectivity index (χ1) is 10.8. The minimum absolute atomic E-state index is 0.493. The zero-order chi connectivity index (χ0) is 15.2. The highest BCUT2D eigenvalue weighted by atomic mass is 16.1. The lowest BCUT2D eigenvalue weighted by Crippen LogP contribution is -2.46. The zero-order valence-corrected chi connectivity index (χ0v) is 12.1. The van der Waals surface area contributed by atoms with Crippen molar-refractivity contribution in [2.75, 3.05) is 36.4 Å². The molecule has 22 heavy (non-hydrogen) atoms. The topological polar surface area (TPSA) is 87.1 Å². The number of carbonyl (C=O) groups excluding carboxylic acids is 1. The summed E-state index contributed by atoms with van der Waals surface area (Å²) in [6.45, 7) is 3.52. The average Bonchev–Trinajstić information content (AvgIpc) is 2.61. The van der Waals surface area contributed by atoms with Crippen molar-refractivity contribution in [2.45, 2.75) is 6.54 Å². The highest BCUT2D eigenvalue weighted by Gasteiger charge is 2.17. The van der Waals surface area contributed by atoms with E-state index in [1.165, 1.54) is 0 Å². The lowest BCUT2D eigenvalue weighted by molar-refractivity contribution is -0.118. The van der Waals surface area contributed by atoms with Gasteiger partial charge in [-0.2, -0.15) is 10.1 Å². The molecule has 1 aliphatic heterocycles. The second-order valence-electron chi connectivity index (χ2n) is 4.98. The quantitative estimate of drug-likeness (QED) is 0.787. The second kappa shape index (κ2) is 6.79. The van der Waals surface area contributed by atoms with Gasteiger partial charge in [0.05, 0.1) is 6.20 Å². The first kappa shape index (κ1) is 14.2. The van der Waals surface area contributed by atoms with Gasteiger partial charge in [0, 0.05) is 45.1 Å². The third-order valence-corrected chi connectivity index (χ3v) is 3.53. The van der Waals surface area contributed by atoms with Gasteiger partial charge in [0.1, 0.15) is 0 Å². The van der Waals surface area contributed by atoms with Crippen LogP contribution in [0.1, 0.15) is 5.56 Å². The summed E-state index contributed by atoms with van der Waals surface area (Å²) in [5.41, 5.74) is 1.10. The number of carbonyl (C=O) groups is 1. The molecule has 0 bridgehead atoms. The van der Waals surface area contributed by atoms with Gasteiger partial charge in [0.15, 0.2) is 5.82 Å². The van der Waals surface area contributed by atoms with Gasteiger partial charge in [-0.05, 0) is 17.7 Å². The van der Waals surface area contributed by atoms with Crippen molar-refractivity contribution in [3.8, 4) is 0 Å². The summed E-state index contributed by atoms with van der Waals surface area (Å²) in [7, 11) is 0. The Morgan fingerprint density at radius 2 is 1.95 bits per heavy atom. The Morgan fingerprint density at radius 3 is 2.68 bits per heavy atom. The number of nitrogens with zero attached hydrogens (tertiary/aromatic N) is 6. The third kappa shape index (κ3) is 3.46. The number of hydrogen-bond acceptors (Lipinski definition) is 7. The molecule has 8 heteroatoms. The molecule has 1 aliphatic rings. The molecule has 0 unspecified atom stereocenters. The van der Waals surface area contributed by atoms with Crippen molar-refractivity contribution in [3.63, 3.8) is 0 Å². The van der Waals surface area contributed by atoms with Crippen molar-refractivity contribution < 1.29 is 4.79 Å². The van der Waals surface area contributed by atoms with Crippen LogP contribution in [-0.4, -0.2) is 57.7 Å². The van der Waals surface area contributed by atoms with E-state index in [-0.39, 0.29) is 0 Å². The van der Waals surface area contributed by atoms with E-state index in [1.54, 1.807) is 23.5 Å². The molecule has 8 nitrogen and oxygen atoms in total. The molecule has 3 heterocycles. The summed E-state index contributed by atoms with van der Waals surface area (Å²) in [4.78, 5) is 23.1. The molecule has 3 rings (SSSR count). The van der Waals surface area contributed by atoms with Crippen molar-refractivity contribution in [3.05, 3.63) is 36.3 Å². The number of hydrogen-bond donors (Lipinski definition) is 1. The highest BCUT2D eigenvalue weighted by molar-refractivity contribution is 5.49. The Kier molecular flexibility index (Phi) is 4.38. The standard InChI is InChI=1S/C14H17N7O/c22-11-20-5-7-21(8-6-20)13-10-17-19-14(18-13)16-9-12-1-3-15-4-2-12/h1-4,10-11H,5-9H2,(H,16,18,19). The molecule has 0 aromatic carbocycles. The van der Waals surface area contributed by atoms with Crippen molar-refractivity contribution in [1.29, 1.82) is 0 Å². The van der Waals surface area contributed by atoms with Crippen LogP contribution in [0.25, 0.3) is 0 Å². The summed E-state index contributed by atoms with van der Waals surface area (Å²) >= 11 is 0. The third-order valence-electron chi connectivity index (χ3n) is 3.53. The van der Waals surface area contributed by atoms with E-state index in [0.29, 0.717) is 25.6 Å². The van der Waals surface area contributed by atoms with Crippen molar-refractivity contribution in [2.24, 2.45) is 0 Å². The first-order valence-electron chi connectivity index (χ1n) is 7.12. The monoisotopic (exact) mass is 299 g/mol. The number of amides is 1. The minimum atomic E-state index is 0.493. The summed E-state index contributed by atoms with van der Waals surface area (Å²) in [6, 6.07) is 3.87. The van der Waals surface area contributed by atoms with Crippen molar-refractivity contribution in [1.82, 2.24) is 25.1 Å². The summed E-state index contributed by atoms with van der Waals surface area (Å²) in [6.07, 6.45) is 6.03. The largest absolute Gasteiger partial charge is 0.352 e. The summed E-state index contributed by atoms with van der Waals surface area (Å²) in [5.74, 6) is 1.27. The van der Waals surface area contributed by atoms with Gasteiger partial charge < -0.3 is 15.1 Å². The van der Waals surface area contributed by atoms with Gasteiger partial charge in [-0.25, -0.2) is 0 Å². The fourth-order valence-corrected chi connectivity index (χ4v) is 2.26.